The van der Waals surface area contributed by atoms with Crippen LogP contribution in [-0.2, 0) is 11.0 Å². The quantitative estimate of drug-likeness (QED) is 0.697. The van der Waals surface area contributed by atoms with Crippen molar-refractivity contribution >= 4 is 17.8 Å². The van der Waals surface area contributed by atoms with Crippen molar-refractivity contribution < 1.29 is 22.4 Å². The van der Waals surface area contributed by atoms with E-state index in [2.05, 4.69) is 10.4 Å². The molecular weight excluding hydrogens is 316 g/mol. The Balaban J connectivity index is 2.15. The molecule has 1 heterocycles. The number of carbonyl (C=O) groups is 1. The molecule has 118 valence electrons. The second-order valence-corrected chi connectivity index (χ2v) is 4.31. The number of benzene rings is 1. The van der Waals surface area contributed by atoms with Gasteiger partial charge in [0.25, 0.3) is 0 Å². The van der Waals surface area contributed by atoms with Crippen LogP contribution in [0.4, 0.5) is 23.2 Å². The zero-order valence-electron chi connectivity index (χ0n) is 11.3. The van der Waals surface area contributed by atoms with Gasteiger partial charge in [-0.1, -0.05) is 0 Å². The molecule has 2 aromatic rings. The van der Waals surface area contributed by atoms with Crippen LogP contribution in [0.3, 0.4) is 0 Å². The third kappa shape index (κ3) is 4.16. The Bertz CT molecular complexity index is 802. The van der Waals surface area contributed by atoms with E-state index in [1.165, 1.54) is 12.1 Å². The molecule has 0 aliphatic heterocycles. The van der Waals surface area contributed by atoms with Crippen molar-refractivity contribution in [3.8, 4) is 6.07 Å². The Morgan fingerprint density at radius 1 is 1.39 bits per heavy atom. The summed E-state index contributed by atoms with van der Waals surface area (Å²) in [6.45, 7) is 0. The van der Waals surface area contributed by atoms with Crippen LogP contribution in [0.1, 0.15) is 11.1 Å². The molecule has 5 nitrogen and oxygen atoms in total. The van der Waals surface area contributed by atoms with Gasteiger partial charge in [-0.15, -0.1) is 0 Å². The molecule has 0 atom stereocenters. The normalized spacial score (nSPS) is 11.4. The van der Waals surface area contributed by atoms with Crippen molar-refractivity contribution in [2.75, 3.05) is 5.32 Å². The molecule has 1 aromatic heterocycles. The molecule has 0 spiro atoms. The first-order valence-corrected chi connectivity index (χ1v) is 6.10. The van der Waals surface area contributed by atoms with E-state index in [9.17, 15) is 22.4 Å². The fourth-order valence-corrected chi connectivity index (χ4v) is 1.68. The minimum Gasteiger partial charge on any atom is -0.322 e. The van der Waals surface area contributed by atoms with Crippen LogP contribution in [0.5, 0.6) is 0 Å². The molecular formula is C14H8F4N4O. The lowest BCUT2D eigenvalue weighted by molar-refractivity contribution is -0.137. The standard InChI is InChI=1S/C14H8F4N4O/c15-10-7-20-22(8-10)4-3-13(23)21-11-2-1-9(6-19)12(5-11)14(16,17)18/h1-5,7-8H,(H,21,23)/b4-3+. The topological polar surface area (TPSA) is 70.7 Å². The van der Waals surface area contributed by atoms with Crippen molar-refractivity contribution in [1.82, 2.24) is 9.78 Å². The van der Waals surface area contributed by atoms with Crippen molar-refractivity contribution in [3.63, 3.8) is 0 Å². The molecule has 0 saturated heterocycles. The number of hydrogen-bond acceptors (Lipinski definition) is 3. The van der Waals surface area contributed by atoms with Gasteiger partial charge in [-0.05, 0) is 18.2 Å². The molecule has 9 heteroatoms. The fraction of sp³-hybridized carbons (Fsp3) is 0.0714. The van der Waals surface area contributed by atoms with Crippen LogP contribution >= 0.6 is 0 Å². The van der Waals surface area contributed by atoms with E-state index >= 15 is 0 Å². The molecule has 23 heavy (non-hydrogen) atoms. The van der Waals surface area contributed by atoms with Crippen molar-refractivity contribution in [2.45, 2.75) is 6.18 Å². The molecule has 0 unspecified atom stereocenters. The van der Waals surface area contributed by atoms with Crippen LogP contribution < -0.4 is 5.32 Å². The summed E-state index contributed by atoms with van der Waals surface area (Å²) in [6, 6.07) is 4.24. The van der Waals surface area contributed by atoms with E-state index in [1.54, 1.807) is 0 Å². The molecule has 2 rings (SSSR count). The number of rotatable bonds is 3. The van der Waals surface area contributed by atoms with Crippen molar-refractivity contribution in [1.29, 1.82) is 5.26 Å². The van der Waals surface area contributed by atoms with Crippen LogP contribution in [0.25, 0.3) is 6.20 Å². The molecule has 1 N–H and O–H groups in total. The van der Waals surface area contributed by atoms with Gasteiger partial charge in [-0.25, -0.2) is 9.07 Å². The van der Waals surface area contributed by atoms with Gasteiger partial charge in [-0.2, -0.15) is 23.5 Å². The molecule has 1 amide bonds. The van der Waals surface area contributed by atoms with E-state index in [4.69, 9.17) is 5.26 Å². The highest BCUT2D eigenvalue weighted by molar-refractivity contribution is 6.01. The molecule has 1 aromatic carbocycles. The van der Waals surface area contributed by atoms with Gasteiger partial charge in [0.2, 0.25) is 5.91 Å². The monoisotopic (exact) mass is 324 g/mol. The zero-order chi connectivity index (χ0) is 17.0. The third-order valence-electron chi connectivity index (χ3n) is 2.66. The third-order valence-corrected chi connectivity index (χ3v) is 2.66. The number of alkyl halides is 3. The number of carbonyl (C=O) groups excluding carboxylic acids is 1. The van der Waals surface area contributed by atoms with Gasteiger partial charge in [0.1, 0.15) is 0 Å². The highest BCUT2D eigenvalue weighted by atomic mass is 19.4. The second kappa shape index (κ2) is 6.31. The maximum atomic E-state index is 12.8. The molecule has 0 aliphatic carbocycles. The van der Waals surface area contributed by atoms with E-state index in [-0.39, 0.29) is 5.69 Å². The Hall–Kier alpha value is -3.15. The predicted octanol–water partition coefficient (Wildman–Crippen LogP) is 3.02. The molecule has 0 bridgehead atoms. The largest absolute Gasteiger partial charge is 0.417 e. The Morgan fingerprint density at radius 3 is 2.70 bits per heavy atom. The first kappa shape index (κ1) is 16.2. The SMILES string of the molecule is N#Cc1ccc(NC(=O)/C=C/n2cc(F)cn2)cc1C(F)(F)F. The molecule has 0 aliphatic rings. The van der Waals surface area contributed by atoms with Crippen LogP contribution in [-0.4, -0.2) is 15.7 Å². The van der Waals surface area contributed by atoms with Crippen LogP contribution in [0, 0.1) is 17.1 Å². The lowest BCUT2D eigenvalue weighted by Crippen LogP contribution is -2.12. The van der Waals surface area contributed by atoms with Gasteiger partial charge >= 0.3 is 6.18 Å². The summed E-state index contributed by atoms with van der Waals surface area (Å²) in [5, 5.41) is 14.4. The zero-order valence-corrected chi connectivity index (χ0v) is 11.3. The highest BCUT2D eigenvalue weighted by Crippen LogP contribution is 2.33. The maximum absolute atomic E-state index is 12.8. The van der Waals surface area contributed by atoms with Crippen molar-refractivity contribution in [2.24, 2.45) is 0 Å². The summed E-state index contributed by atoms with van der Waals surface area (Å²) in [6.07, 6.45) is -0.676. The number of anilines is 1. The first-order valence-electron chi connectivity index (χ1n) is 6.10. The lowest BCUT2D eigenvalue weighted by Gasteiger charge is -2.10. The average molecular weight is 324 g/mol. The van der Waals surface area contributed by atoms with E-state index in [0.29, 0.717) is 6.07 Å². The summed E-state index contributed by atoms with van der Waals surface area (Å²) in [5.74, 6) is -1.34. The number of halogens is 4. The Labute approximate surface area is 127 Å². The number of hydrogen-bond donors (Lipinski definition) is 1. The number of amides is 1. The number of nitrogens with one attached hydrogen (secondary N) is 1. The van der Waals surface area contributed by atoms with Crippen LogP contribution in [0.2, 0.25) is 0 Å². The summed E-state index contributed by atoms with van der Waals surface area (Å²) >= 11 is 0. The van der Waals surface area contributed by atoms with E-state index in [1.807, 2.05) is 0 Å². The molecule has 0 saturated carbocycles. The van der Waals surface area contributed by atoms with E-state index in [0.717, 1.165) is 35.4 Å². The average Bonchev–Trinajstić information content (AvgIpc) is 2.90. The summed E-state index contributed by atoms with van der Waals surface area (Å²) in [5.41, 5.74) is -1.81. The van der Waals surface area contributed by atoms with Gasteiger partial charge in [0.05, 0.1) is 29.6 Å². The van der Waals surface area contributed by atoms with E-state index < -0.39 is 29.0 Å². The summed E-state index contributed by atoms with van der Waals surface area (Å²) < 4.78 is 52.1. The fourth-order valence-electron chi connectivity index (χ4n) is 1.68. The van der Waals surface area contributed by atoms with Crippen LogP contribution in [0.15, 0.2) is 36.7 Å². The van der Waals surface area contributed by atoms with Gasteiger partial charge < -0.3 is 5.32 Å². The first-order chi connectivity index (χ1) is 10.8. The summed E-state index contributed by atoms with van der Waals surface area (Å²) in [4.78, 5) is 11.6. The number of nitrogens with zero attached hydrogens (tertiary/aromatic N) is 3. The lowest BCUT2D eigenvalue weighted by atomic mass is 10.1. The Kier molecular flexibility index (Phi) is 4.45. The molecule has 0 fully saturated rings. The smallest absolute Gasteiger partial charge is 0.322 e. The maximum Gasteiger partial charge on any atom is 0.417 e. The number of nitriles is 1. The van der Waals surface area contributed by atoms with Gasteiger partial charge in [0, 0.05) is 18.0 Å². The predicted molar refractivity (Wildman–Crippen MR) is 72.3 cm³/mol. The Morgan fingerprint density at radius 2 is 2.13 bits per heavy atom. The highest BCUT2D eigenvalue weighted by Gasteiger charge is 2.33. The van der Waals surface area contributed by atoms with Crippen molar-refractivity contribution in [3.05, 3.63) is 53.6 Å². The second-order valence-electron chi connectivity index (χ2n) is 4.31. The molecule has 0 radical (unpaired) electrons. The summed E-state index contributed by atoms with van der Waals surface area (Å²) in [7, 11) is 0. The van der Waals surface area contributed by atoms with Gasteiger partial charge in [0.15, 0.2) is 5.82 Å². The minimum atomic E-state index is -4.71. The van der Waals surface area contributed by atoms with Gasteiger partial charge in [-0.3, -0.25) is 4.79 Å². The minimum absolute atomic E-state index is 0.127. The number of aromatic nitrogens is 2.